The van der Waals surface area contributed by atoms with Crippen molar-refractivity contribution in [2.24, 2.45) is 0 Å². The van der Waals surface area contributed by atoms with Crippen molar-refractivity contribution in [1.29, 1.82) is 0 Å². The number of hydrogen-bond donors (Lipinski definition) is 2. The van der Waals surface area contributed by atoms with E-state index in [1.807, 2.05) is 12.1 Å². The second-order valence-electron chi connectivity index (χ2n) is 5.15. The summed E-state index contributed by atoms with van der Waals surface area (Å²) in [5.41, 5.74) is 1.02. The van der Waals surface area contributed by atoms with E-state index in [4.69, 9.17) is 0 Å². The van der Waals surface area contributed by atoms with E-state index < -0.39 is 0 Å². The zero-order valence-electron chi connectivity index (χ0n) is 10.6. The van der Waals surface area contributed by atoms with Crippen molar-refractivity contribution >= 4 is 5.82 Å². The van der Waals surface area contributed by atoms with Crippen LogP contribution < -0.4 is 5.32 Å². The number of nitrogens with one attached hydrogen (secondary N) is 1. The molecule has 17 heavy (non-hydrogen) atoms. The Balaban J connectivity index is 1.90. The van der Waals surface area contributed by atoms with Crippen LogP contribution in [-0.2, 0) is 0 Å². The molecule has 0 amide bonds. The maximum absolute atomic E-state index is 9.43. The molecule has 1 fully saturated rings. The van der Waals surface area contributed by atoms with Crippen LogP contribution in [0.1, 0.15) is 51.1 Å². The summed E-state index contributed by atoms with van der Waals surface area (Å²) in [5, 5.41) is 21.2. The van der Waals surface area contributed by atoms with Crippen molar-refractivity contribution in [3.8, 4) is 0 Å². The zero-order valence-corrected chi connectivity index (χ0v) is 10.6. The summed E-state index contributed by atoms with van der Waals surface area (Å²) in [6.45, 7) is 4.22. The molecular formula is C13H21N3O. The summed E-state index contributed by atoms with van der Waals surface area (Å²) in [4.78, 5) is 0. The van der Waals surface area contributed by atoms with Gasteiger partial charge in [0.15, 0.2) is 0 Å². The molecule has 0 bridgehead atoms. The lowest BCUT2D eigenvalue weighted by Gasteiger charge is -2.26. The van der Waals surface area contributed by atoms with E-state index in [0.29, 0.717) is 12.0 Å². The molecule has 1 aliphatic rings. The van der Waals surface area contributed by atoms with Crippen molar-refractivity contribution in [3.05, 3.63) is 17.8 Å². The summed E-state index contributed by atoms with van der Waals surface area (Å²) in [5.74, 6) is 1.26. The van der Waals surface area contributed by atoms with E-state index in [9.17, 15) is 5.11 Å². The topological polar surface area (TPSA) is 58.0 Å². The van der Waals surface area contributed by atoms with Gasteiger partial charge in [0.1, 0.15) is 5.82 Å². The second-order valence-corrected chi connectivity index (χ2v) is 5.15. The molecule has 2 N–H and O–H groups in total. The molecule has 0 unspecified atom stereocenters. The maximum Gasteiger partial charge on any atom is 0.148 e. The molecule has 0 aliphatic heterocycles. The summed E-state index contributed by atoms with van der Waals surface area (Å²) in [6.07, 6.45) is 3.68. The molecule has 0 atom stereocenters. The zero-order chi connectivity index (χ0) is 12.3. The van der Waals surface area contributed by atoms with Gasteiger partial charge in [-0.2, -0.15) is 5.10 Å². The molecule has 0 spiro atoms. The van der Waals surface area contributed by atoms with E-state index in [1.54, 1.807) is 0 Å². The van der Waals surface area contributed by atoms with Gasteiger partial charge in [-0.1, -0.05) is 13.8 Å². The summed E-state index contributed by atoms with van der Waals surface area (Å²) < 4.78 is 0. The van der Waals surface area contributed by atoms with Crippen molar-refractivity contribution in [2.75, 3.05) is 5.32 Å². The molecular weight excluding hydrogens is 214 g/mol. The highest BCUT2D eigenvalue weighted by Crippen LogP contribution is 2.21. The van der Waals surface area contributed by atoms with Gasteiger partial charge in [-0.3, -0.25) is 0 Å². The van der Waals surface area contributed by atoms with Crippen LogP contribution in [-0.4, -0.2) is 27.4 Å². The van der Waals surface area contributed by atoms with Gasteiger partial charge in [-0.05, 0) is 43.7 Å². The number of rotatable bonds is 3. The SMILES string of the molecule is CC(C)c1ccc(NC2CCC(O)CC2)nn1. The lowest BCUT2D eigenvalue weighted by molar-refractivity contribution is 0.126. The molecule has 94 valence electrons. The molecule has 1 aromatic heterocycles. The van der Waals surface area contributed by atoms with Gasteiger partial charge in [-0.25, -0.2) is 0 Å². The Kier molecular flexibility index (Phi) is 3.94. The Morgan fingerprint density at radius 2 is 1.88 bits per heavy atom. The van der Waals surface area contributed by atoms with E-state index in [0.717, 1.165) is 37.2 Å². The molecule has 4 heteroatoms. The van der Waals surface area contributed by atoms with Crippen LogP contribution >= 0.6 is 0 Å². The van der Waals surface area contributed by atoms with Gasteiger partial charge in [0, 0.05) is 6.04 Å². The molecule has 1 saturated carbocycles. The molecule has 0 saturated heterocycles. The summed E-state index contributed by atoms with van der Waals surface area (Å²) in [6, 6.07) is 4.45. The largest absolute Gasteiger partial charge is 0.393 e. The third-order valence-corrected chi connectivity index (χ3v) is 3.33. The fourth-order valence-electron chi connectivity index (χ4n) is 2.16. The van der Waals surface area contributed by atoms with Crippen LogP contribution in [0.25, 0.3) is 0 Å². The summed E-state index contributed by atoms with van der Waals surface area (Å²) in [7, 11) is 0. The Hall–Kier alpha value is -1.16. The van der Waals surface area contributed by atoms with Crippen LogP contribution in [0.2, 0.25) is 0 Å². The predicted molar refractivity (Wildman–Crippen MR) is 68.0 cm³/mol. The predicted octanol–water partition coefficient (Wildman–Crippen LogP) is 2.32. The first-order chi connectivity index (χ1) is 8.15. The molecule has 1 aromatic rings. The molecule has 1 aliphatic carbocycles. The average molecular weight is 235 g/mol. The maximum atomic E-state index is 9.43. The quantitative estimate of drug-likeness (QED) is 0.844. The Morgan fingerprint density at radius 1 is 1.18 bits per heavy atom. The van der Waals surface area contributed by atoms with Crippen LogP contribution in [0, 0.1) is 0 Å². The Labute approximate surface area is 102 Å². The van der Waals surface area contributed by atoms with Crippen molar-refractivity contribution in [1.82, 2.24) is 10.2 Å². The first kappa shape index (κ1) is 12.3. The van der Waals surface area contributed by atoms with Gasteiger partial charge in [0.25, 0.3) is 0 Å². The van der Waals surface area contributed by atoms with Gasteiger partial charge >= 0.3 is 0 Å². The van der Waals surface area contributed by atoms with Crippen LogP contribution in [0.5, 0.6) is 0 Å². The minimum atomic E-state index is -0.109. The smallest absolute Gasteiger partial charge is 0.148 e. The normalized spacial score (nSPS) is 24.9. The second kappa shape index (κ2) is 5.45. The van der Waals surface area contributed by atoms with Gasteiger partial charge in [-0.15, -0.1) is 5.10 Å². The third-order valence-electron chi connectivity index (χ3n) is 3.33. The Morgan fingerprint density at radius 3 is 2.41 bits per heavy atom. The van der Waals surface area contributed by atoms with Crippen LogP contribution in [0.3, 0.4) is 0 Å². The lowest BCUT2D eigenvalue weighted by Crippen LogP contribution is -2.28. The van der Waals surface area contributed by atoms with E-state index in [1.165, 1.54) is 0 Å². The molecule has 1 heterocycles. The van der Waals surface area contributed by atoms with Crippen LogP contribution in [0.15, 0.2) is 12.1 Å². The number of nitrogens with zero attached hydrogens (tertiary/aromatic N) is 2. The van der Waals surface area contributed by atoms with Crippen molar-refractivity contribution < 1.29 is 5.11 Å². The van der Waals surface area contributed by atoms with Crippen LogP contribution in [0.4, 0.5) is 5.82 Å². The molecule has 2 rings (SSSR count). The minimum Gasteiger partial charge on any atom is -0.393 e. The van der Waals surface area contributed by atoms with Crippen molar-refractivity contribution in [2.45, 2.75) is 57.6 Å². The Bertz CT molecular complexity index is 342. The first-order valence-corrected chi connectivity index (χ1v) is 6.43. The van der Waals surface area contributed by atoms with Gasteiger partial charge < -0.3 is 10.4 Å². The monoisotopic (exact) mass is 235 g/mol. The number of anilines is 1. The highest BCUT2D eigenvalue weighted by atomic mass is 16.3. The highest BCUT2D eigenvalue weighted by molar-refractivity contribution is 5.34. The molecule has 4 nitrogen and oxygen atoms in total. The van der Waals surface area contributed by atoms with E-state index in [-0.39, 0.29) is 6.10 Å². The van der Waals surface area contributed by atoms with Crippen molar-refractivity contribution in [3.63, 3.8) is 0 Å². The number of hydrogen-bond acceptors (Lipinski definition) is 4. The fraction of sp³-hybridized carbons (Fsp3) is 0.692. The van der Waals surface area contributed by atoms with E-state index in [2.05, 4.69) is 29.4 Å². The van der Waals surface area contributed by atoms with Gasteiger partial charge in [0.05, 0.1) is 11.8 Å². The summed E-state index contributed by atoms with van der Waals surface area (Å²) >= 11 is 0. The molecule has 0 aromatic carbocycles. The fourth-order valence-corrected chi connectivity index (χ4v) is 2.16. The van der Waals surface area contributed by atoms with Gasteiger partial charge in [0.2, 0.25) is 0 Å². The number of aromatic nitrogens is 2. The highest BCUT2D eigenvalue weighted by Gasteiger charge is 2.19. The standard InChI is InChI=1S/C13H21N3O/c1-9(2)12-7-8-13(16-15-12)14-10-3-5-11(17)6-4-10/h7-11,17H,3-6H2,1-2H3,(H,14,16). The molecule has 0 radical (unpaired) electrons. The average Bonchev–Trinajstić information content (AvgIpc) is 2.33. The third kappa shape index (κ3) is 3.40. The first-order valence-electron chi connectivity index (χ1n) is 6.43. The number of aliphatic hydroxyl groups is 1. The number of aliphatic hydroxyl groups excluding tert-OH is 1. The lowest BCUT2D eigenvalue weighted by atomic mass is 9.93. The van der Waals surface area contributed by atoms with E-state index >= 15 is 0 Å². The minimum absolute atomic E-state index is 0.109.